The van der Waals surface area contributed by atoms with Crippen molar-refractivity contribution >= 4 is 34.3 Å². The van der Waals surface area contributed by atoms with E-state index in [2.05, 4.69) is 10.9 Å². The lowest BCUT2D eigenvalue weighted by atomic mass is 10.1. The van der Waals surface area contributed by atoms with Gasteiger partial charge in [-0.2, -0.15) is 0 Å². The van der Waals surface area contributed by atoms with Gasteiger partial charge in [0.05, 0.1) is 11.5 Å². The molecule has 3 aromatic rings. The van der Waals surface area contributed by atoms with Crippen molar-refractivity contribution in [2.24, 2.45) is 13.0 Å². The average Bonchev–Trinajstić information content (AvgIpc) is 3.32. The second-order valence-electron chi connectivity index (χ2n) is 7.50. The molecule has 0 bridgehead atoms. The predicted molar refractivity (Wildman–Crippen MR) is 115 cm³/mol. The number of carbonyl (C=O) groups excluding carboxylic acids is 3. The minimum absolute atomic E-state index is 0.0866. The fourth-order valence-electron chi connectivity index (χ4n) is 4.00. The van der Waals surface area contributed by atoms with E-state index in [1.807, 2.05) is 67.1 Å². The van der Waals surface area contributed by atoms with Gasteiger partial charge in [0.15, 0.2) is 0 Å². The molecule has 0 saturated carbocycles. The summed E-state index contributed by atoms with van der Waals surface area (Å²) in [6, 6.07) is 15.3. The molecule has 0 radical (unpaired) electrons. The lowest BCUT2D eigenvalue weighted by molar-refractivity contribution is -0.126. The first-order valence-electron chi connectivity index (χ1n) is 10.0. The lowest BCUT2D eigenvalue weighted by Crippen LogP contribution is -2.45. The molecule has 0 spiro atoms. The molecular formula is C23H24N4O3. The van der Waals surface area contributed by atoms with Crippen molar-refractivity contribution in [2.75, 3.05) is 11.4 Å². The largest absolute Gasteiger partial charge is 0.350 e. The van der Waals surface area contributed by atoms with Crippen LogP contribution in [0, 0.1) is 5.92 Å². The molecule has 1 aliphatic rings. The maximum Gasteiger partial charge on any atom is 0.271 e. The third kappa shape index (κ3) is 3.54. The Hall–Kier alpha value is -3.61. The number of aryl methyl sites for hydroxylation is 2. The number of nitrogens with one attached hydrogen (secondary N) is 2. The molecular weight excluding hydrogens is 380 g/mol. The zero-order chi connectivity index (χ0) is 21.3. The Morgan fingerprint density at radius 3 is 2.60 bits per heavy atom. The summed E-state index contributed by atoms with van der Waals surface area (Å²) >= 11 is 0. The van der Waals surface area contributed by atoms with Gasteiger partial charge in [-0.15, -0.1) is 0 Å². The minimum Gasteiger partial charge on any atom is -0.350 e. The van der Waals surface area contributed by atoms with E-state index in [4.69, 9.17) is 0 Å². The van der Waals surface area contributed by atoms with Crippen LogP contribution in [0.4, 0.5) is 5.69 Å². The van der Waals surface area contributed by atoms with Crippen LogP contribution in [0.2, 0.25) is 0 Å². The number of hydrogen-bond donors (Lipinski definition) is 2. The van der Waals surface area contributed by atoms with E-state index in [0.717, 1.165) is 28.6 Å². The first kappa shape index (κ1) is 19.7. The number of anilines is 1. The topological polar surface area (TPSA) is 83.4 Å². The zero-order valence-corrected chi connectivity index (χ0v) is 17.0. The lowest BCUT2D eigenvalue weighted by Gasteiger charge is -2.20. The molecule has 2 N–H and O–H groups in total. The highest BCUT2D eigenvalue weighted by Gasteiger charge is 2.36. The number of nitrogens with zero attached hydrogens (tertiary/aromatic N) is 2. The molecule has 1 aliphatic heterocycles. The molecule has 1 saturated heterocycles. The molecule has 2 aromatic carbocycles. The summed E-state index contributed by atoms with van der Waals surface area (Å²) < 4.78 is 1.87. The first-order valence-corrected chi connectivity index (χ1v) is 10.0. The van der Waals surface area contributed by atoms with Gasteiger partial charge in [-0.3, -0.25) is 25.2 Å². The second-order valence-corrected chi connectivity index (χ2v) is 7.50. The van der Waals surface area contributed by atoms with E-state index >= 15 is 0 Å². The molecule has 1 aromatic heterocycles. The SMILES string of the molecule is CCc1ccccc1N1CC(C(=O)NNC(=O)c2cn(C)c3ccccc23)CC1=O. The van der Waals surface area contributed by atoms with Crippen molar-refractivity contribution in [2.45, 2.75) is 19.8 Å². The maximum absolute atomic E-state index is 12.6. The Labute approximate surface area is 174 Å². The van der Waals surface area contributed by atoms with Gasteiger partial charge in [0.2, 0.25) is 11.8 Å². The number of carbonyl (C=O) groups is 3. The second kappa shape index (κ2) is 8.02. The summed E-state index contributed by atoms with van der Waals surface area (Å²) in [6.07, 6.45) is 2.65. The molecule has 2 heterocycles. The van der Waals surface area contributed by atoms with Crippen molar-refractivity contribution in [1.82, 2.24) is 15.4 Å². The van der Waals surface area contributed by atoms with E-state index in [1.165, 1.54) is 0 Å². The molecule has 3 amide bonds. The standard InChI is InChI=1S/C23H24N4O3/c1-3-15-8-4-6-10-19(15)27-13-16(12-21(27)28)22(29)24-25-23(30)18-14-26(2)20-11-7-5-9-17(18)20/h4-11,14,16H,3,12-13H2,1-2H3,(H,24,29)(H,25,30). The minimum atomic E-state index is -0.518. The van der Waals surface area contributed by atoms with Crippen molar-refractivity contribution in [1.29, 1.82) is 0 Å². The van der Waals surface area contributed by atoms with Crippen LogP contribution >= 0.6 is 0 Å². The highest BCUT2D eigenvalue weighted by Crippen LogP contribution is 2.28. The number of benzene rings is 2. The van der Waals surface area contributed by atoms with Crippen LogP contribution in [0.25, 0.3) is 10.9 Å². The molecule has 154 valence electrons. The van der Waals surface area contributed by atoms with Gasteiger partial charge < -0.3 is 9.47 Å². The Bertz CT molecular complexity index is 1130. The smallest absolute Gasteiger partial charge is 0.271 e. The third-order valence-corrected chi connectivity index (χ3v) is 5.60. The molecule has 7 heteroatoms. The van der Waals surface area contributed by atoms with Crippen LogP contribution in [0.3, 0.4) is 0 Å². The van der Waals surface area contributed by atoms with Crippen molar-refractivity contribution in [3.8, 4) is 0 Å². The van der Waals surface area contributed by atoms with Crippen LogP contribution in [0.5, 0.6) is 0 Å². The monoisotopic (exact) mass is 404 g/mol. The van der Waals surface area contributed by atoms with Gasteiger partial charge in [0.1, 0.15) is 0 Å². The number of rotatable bonds is 4. The van der Waals surface area contributed by atoms with E-state index in [-0.39, 0.29) is 18.2 Å². The van der Waals surface area contributed by atoms with E-state index < -0.39 is 11.8 Å². The number of hydrogen-bond acceptors (Lipinski definition) is 3. The van der Waals surface area contributed by atoms with E-state index in [9.17, 15) is 14.4 Å². The molecule has 4 rings (SSSR count). The fourth-order valence-corrected chi connectivity index (χ4v) is 4.00. The molecule has 1 atom stereocenters. The summed E-state index contributed by atoms with van der Waals surface area (Å²) in [5.41, 5.74) is 8.31. The van der Waals surface area contributed by atoms with Crippen molar-refractivity contribution in [3.63, 3.8) is 0 Å². The van der Waals surface area contributed by atoms with Crippen LogP contribution < -0.4 is 15.8 Å². The van der Waals surface area contributed by atoms with Crippen LogP contribution in [-0.4, -0.2) is 28.8 Å². The number of hydrazine groups is 1. The third-order valence-electron chi connectivity index (χ3n) is 5.60. The Kier molecular flexibility index (Phi) is 5.27. The Morgan fingerprint density at radius 2 is 1.80 bits per heavy atom. The number of amides is 3. The van der Waals surface area contributed by atoms with E-state index in [0.29, 0.717) is 12.1 Å². The van der Waals surface area contributed by atoms with Crippen LogP contribution in [0.1, 0.15) is 29.3 Å². The average molecular weight is 404 g/mol. The van der Waals surface area contributed by atoms with Crippen LogP contribution in [-0.2, 0) is 23.1 Å². The Balaban J connectivity index is 1.42. The Morgan fingerprint density at radius 1 is 1.07 bits per heavy atom. The maximum atomic E-state index is 12.6. The van der Waals surface area contributed by atoms with E-state index in [1.54, 1.807) is 11.1 Å². The van der Waals surface area contributed by atoms with Crippen LogP contribution in [0.15, 0.2) is 54.7 Å². The summed E-state index contributed by atoms with van der Waals surface area (Å²) in [6.45, 7) is 2.33. The zero-order valence-electron chi connectivity index (χ0n) is 17.0. The number of para-hydroxylation sites is 2. The summed E-state index contributed by atoms with van der Waals surface area (Å²) in [5.74, 6) is -1.36. The number of aromatic nitrogens is 1. The van der Waals surface area contributed by atoms with Gasteiger partial charge in [-0.05, 0) is 24.1 Å². The van der Waals surface area contributed by atoms with Gasteiger partial charge >= 0.3 is 0 Å². The quantitative estimate of drug-likeness (QED) is 0.656. The highest BCUT2D eigenvalue weighted by atomic mass is 16.2. The molecule has 30 heavy (non-hydrogen) atoms. The highest BCUT2D eigenvalue weighted by molar-refractivity contribution is 6.07. The van der Waals surface area contributed by atoms with Gasteiger partial charge in [-0.25, -0.2) is 0 Å². The number of fused-ring (bicyclic) bond motifs is 1. The van der Waals surface area contributed by atoms with Crippen molar-refractivity contribution < 1.29 is 14.4 Å². The summed E-state index contributed by atoms with van der Waals surface area (Å²) in [4.78, 5) is 39.4. The summed E-state index contributed by atoms with van der Waals surface area (Å²) in [5, 5.41) is 0.810. The van der Waals surface area contributed by atoms with Crippen molar-refractivity contribution in [3.05, 3.63) is 65.9 Å². The fraction of sp³-hybridized carbons (Fsp3) is 0.261. The molecule has 0 aliphatic carbocycles. The van der Waals surface area contributed by atoms with Gasteiger partial charge in [0.25, 0.3) is 5.91 Å². The summed E-state index contributed by atoms with van der Waals surface area (Å²) in [7, 11) is 1.87. The normalized spacial score (nSPS) is 16.1. The molecule has 7 nitrogen and oxygen atoms in total. The van der Waals surface area contributed by atoms with Gasteiger partial charge in [-0.1, -0.05) is 43.3 Å². The molecule has 1 fully saturated rings. The van der Waals surface area contributed by atoms with Gasteiger partial charge in [0, 0.05) is 42.8 Å². The first-order chi connectivity index (χ1) is 14.5. The molecule has 1 unspecified atom stereocenters. The predicted octanol–water partition coefficient (Wildman–Crippen LogP) is 2.55.